The Hall–Kier alpha value is -1.99. The molecule has 0 bridgehead atoms. The molecule has 1 rings (SSSR count). The molecule has 7 nitrogen and oxygen atoms in total. The summed E-state index contributed by atoms with van der Waals surface area (Å²) in [4.78, 5) is 21.7. The van der Waals surface area contributed by atoms with E-state index < -0.39 is 34.9 Å². The zero-order valence-corrected chi connectivity index (χ0v) is 10.3. The predicted molar refractivity (Wildman–Crippen MR) is 64.2 cm³/mol. The van der Waals surface area contributed by atoms with Gasteiger partial charge < -0.3 is 25.2 Å². The van der Waals surface area contributed by atoms with Crippen LogP contribution in [0.5, 0.6) is 11.5 Å². The number of phenols is 1. The fraction of sp³-hybridized carbons (Fsp3) is 0.273. The van der Waals surface area contributed by atoms with Crippen LogP contribution in [0.15, 0.2) is 12.1 Å². The topological polar surface area (TPSA) is 124 Å². The number of hydrogen-bond acceptors (Lipinski definition) is 5. The summed E-state index contributed by atoms with van der Waals surface area (Å²) in [6.45, 7) is -0.230. The lowest BCUT2D eigenvalue weighted by molar-refractivity contribution is 0.0690. The number of carboxylic acid groups (broad SMARTS) is 2. The molecule has 0 aliphatic rings. The van der Waals surface area contributed by atoms with Gasteiger partial charge in [0.15, 0.2) is 0 Å². The normalized spacial score (nSPS) is 11.9. The van der Waals surface area contributed by atoms with E-state index in [-0.39, 0.29) is 18.2 Å². The first-order valence-corrected chi connectivity index (χ1v) is 5.60. The highest BCUT2D eigenvalue weighted by molar-refractivity contribution is 6.18. The molecule has 4 N–H and O–H groups in total. The van der Waals surface area contributed by atoms with Crippen LogP contribution in [-0.2, 0) is 0 Å². The predicted octanol–water partition coefficient (Wildman–Crippen LogP) is 0.767. The van der Waals surface area contributed by atoms with E-state index in [0.717, 1.165) is 12.1 Å². The number of aliphatic hydroxyl groups excluding tert-OH is 1. The summed E-state index contributed by atoms with van der Waals surface area (Å²) in [5.41, 5.74) is -1.20. The number of alkyl halides is 1. The number of ether oxygens (including phenoxy) is 1. The summed E-state index contributed by atoms with van der Waals surface area (Å²) in [7, 11) is 0. The first kappa shape index (κ1) is 15.1. The highest BCUT2D eigenvalue weighted by Crippen LogP contribution is 2.28. The van der Waals surface area contributed by atoms with Crippen molar-refractivity contribution >= 4 is 23.5 Å². The Balaban J connectivity index is 3.12. The first-order chi connectivity index (χ1) is 8.86. The number of benzene rings is 1. The molecule has 0 saturated carbocycles. The minimum Gasteiger partial charge on any atom is -0.506 e. The van der Waals surface area contributed by atoms with Crippen LogP contribution >= 0.6 is 11.6 Å². The molecule has 0 heterocycles. The maximum Gasteiger partial charge on any atom is 0.339 e. The van der Waals surface area contributed by atoms with E-state index in [1.807, 2.05) is 0 Å². The maximum absolute atomic E-state index is 10.9. The molecule has 1 aromatic carbocycles. The summed E-state index contributed by atoms with van der Waals surface area (Å²) in [6, 6.07) is 1.93. The van der Waals surface area contributed by atoms with Crippen LogP contribution < -0.4 is 4.74 Å². The molecule has 104 valence electrons. The zero-order valence-electron chi connectivity index (χ0n) is 9.54. The quantitative estimate of drug-likeness (QED) is 0.570. The molecule has 0 fully saturated rings. The van der Waals surface area contributed by atoms with Gasteiger partial charge in [0.1, 0.15) is 35.3 Å². The molecule has 8 heteroatoms. The largest absolute Gasteiger partial charge is 0.506 e. The van der Waals surface area contributed by atoms with Crippen LogP contribution in [-0.4, -0.2) is 51.0 Å². The van der Waals surface area contributed by atoms with Gasteiger partial charge >= 0.3 is 11.9 Å². The Labute approximate surface area is 112 Å². The fourth-order valence-electron chi connectivity index (χ4n) is 1.25. The van der Waals surface area contributed by atoms with Crippen molar-refractivity contribution in [3.8, 4) is 11.5 Å². The number of carboxylic acids is 2. The van der Waals surface area contributed by atoms with E-state index in [2.05, 4.69) is 0 Å². The van der Waals surface area contributed by atoms with Crippen molar-refractivity contribution in [2.75, 3.05) is 12.5 Å². The van der Waals surface area contributed by atoms with Gasteiger partial charge in [-0.3, -0.25) is 0 Å². The van der Waals surface area contributed by atoms with E-state index in [0.29, 0.717) is 0 Å². The van der Waals surface area contributed by atoms with Crippen LogP contribution in [0.25, 0.3) is 0 Å². The lowest BCUT2D eigenvalue weighted by Gasteiger charge is -2.12. The third-order valence-electron chi connectivity index (χ3n) is 2.16. The van der Waals surface area contributed by atoms with Gasteiger partial charge in [-0.25, -0.2) is 9.59 Å². The lowest BCUT2D eigenvalue weighted by Crippen LogP contribution is -2.19. The Morgan fingerprint density at radius 1 is 1.21 bits per heavy atom. The second kappa shape index (κ2) is 6.26. The molecule has 0 aliphatic carbocycles. The number of halogens is 1. The Bertz CT molecular complexity index is 465. The second-order valence-corrected chi connectivity index (χ2v) is 3.91. The van der Waals surface area contributed by atoms with Crippen LogP contribution in [0.4, 0.5) is 0 Å². The van der Waals surface area contributed by atoms with Gasteiger partial charge in [0.2, 0.25) is 0 Å². The summed E-state index contributed by atoms with van der Waals surface area (Å²) in [6.07, 6.45) is -0.975. The summed E-state index contributed by atoms with van der Waals surface area (Å²) < 4.78 is 5.02. The Morgan fingerprint density at radius 2 is 1.68 bits per heavy atom. The van der Waals surface area contributed by atoms with Crippen molar-refractivity contribution in [3.63, 3.8) is 0 Å². The van der Waals surface area contributed by atoms with Gasteiger partial charge in [0.05, 0.1) is 5.88 Å². The molecule has 0 saturated heterocycles. The fourth-order valence-corrected chi connectivity index (χ4v) is 1.34. The third-order valence-corrected chi connectivity index (χ3v) is 2.52. The van der Waals surface area contributed by atoms with E-state index >= 15 is 0 Å². The van der Waals surface area contributed by atoms with Crippen LogP contribution in [0.1, 0.15) is 20.7 Å². The van der Waals surface area contributed by atoms with Crippen molar-refractivity contribution in [3.05, 3.63) is 23.3 Å². The molecule has 0 amide bonds. The number of carbonyl (C=O) groups is 2. The standard InChI is InChI=1S/C11H11ClO7/c12-3-5(13)4-19-6-1-7(10(15)16)9(14)8(2-6)11(17)18/h1-2,5,13-14H,3-4H2,(H,15,16)(H,17,18). The van der Waals surface area contributed by atoms with Gasteiger partial charge in [-0.2, -0.15) is 0 Å². The SMILES string of the molecule is O=C(O)c1cc(OCC(O)CCl)cc(C(=O)O)c1O. The van der Waals surface area contributed by atoms with Gasteiger partial charge in [-0.1, -0.05) is 0 Å². The molecule has 0 spiro atoms. The minimum atomic E-state index is -1.50. The molecule has 1 aromatic rings. The monoisotopic (exact) mass is 290 g/mol. The Morgan fingerprint density at radius 3 is 2.05 bits per heavy atom. The van der Waals surface area contributed by atoms with Crippen molar-refractivity contribution in [1.29, 1.82) is 0 Å². The highest BCUT2D eigenvalue weighted by Gasteiger charge is 2.20. The van der Waals surface area contributed by atoms with Crippen LogP contribution in [0.3, 0.4) is 0 Å². The molecule has 0 aromatic heterocycles. The number of aromatic carboxylic acids is 2. The van der Waals surface area contributed by atoms with E-state index in [4.69, 9.17) is 26.6 Å². The van der Waals surface area contributed by atoms with Crippen LogP contribution in [0, 0.1) is 0 Å². The lowest BCUT2D eigenvalue weighted by atomic mass is 10.1. The molecule has 1 atom stereocenters. The van der Waals surface area contributed by atoms with Crippen LogP contribution in [0.2, 0.25) is 0 Å². The second-order valence-electron chi connectivity index (χ2n) is 3.60. The van der Waals surface area contributed by atoms with Gasteiger partial charge in [0.25, 0.3) is 0 Å². The van der Waals surface area contributed by atoms with Crippen molar-refractivity contribution in [2.45, 2.75) is 6.10 Å². The number of hydrogen-bond donors (Lipinski definition) is 4. The first-order valence-electron chi connectivity index (χ1n) is 5.07. The summed E-state index contributed by atoms with van der Waals surface area (Å²) >= 11 is 5.35. The third kappa shape index (κ3) is 3.73. The minimum absolute atomic E-state index is 0.0876. The number of aromatic hydroxyl groups is 1. The molecular formula is C11H11ClO7. The number of aliphatic hydroxyl groups is 1. The zero-order chi connectivity index (χ0) is 14.6. The highest BCUT2D eigenvalue weighted by atomic mass is 35.5. The summed E-state index contributed by atoms with van der Waals surface area (Å²) in [5.74, 6) is -4.04. The van der Waals surface area contributed by atoms with Crippen molar-refractivity contribution < 1.29 is 34.8 Å². The average Bonchev–Trinajstić information content (AvgIpc) is 2.36. The molecule has 19 heavy (non-hydrogen) atoms. The van der Waals surface area contributed by atoms with Gasteiger partial charge in [-0.15, -0.1) is 11.6 Å². The smallest absolute Gasteiger partial charge is 0.339 e. The Kier molecular flexibility index (Phi) is 4.96. The van der Waals surface area contributed by atoms with Gasteiger partial charge in [0, 0.05) is 0 Å². The van der Waals surface area contributed by atoms with E-state index in [1.165, 1.54) is 0 Å². The molecule has 0 aliphatic heterocycles. The number of rotatable bonds is 6. The average molecular weight is 291 g/mol. The van der Waals surface area contributed by atoms with E-state index in [9.17, 15) is 19.8 Å². The van der Waals surface area contributed by atoms with Crippen molar-refractivity contribution in [2.24, 2.45) is 0 Å². The molecule has 1 unspecified atom stereocenters. The van der Waals surface area contributed by atoms with Gasteiger partial charge in [-0.05, 0) is 12.1 Å². The maximum atomic E-state index is 10.9. The van der Waals surface area contributed by atoms with E-state index in [1.54, 1.807) is 0 Å². The summed E-state index contributed by atoms with van der Waals surface area (Å²) in [5, 5.41) is 36.4. The molecular weight excluding hydrogens is 280 g/mol. The molecule has 0 radical (unpaired) electrons. The van der Waals surface area contributed by atoms with Crippen molar-refractivity contribution in [1.82, 2.24) is 0 Å².